The zero-order valence-electron chi connectivity index (χ0n) is 10.5. The maximum absolute atomic E-state index is 12.1. The average Bonchev–Trinajstić information content (AvgIpc) is 2.90. The van der Waals surface area contributed by atoms with Crippen LogP contribution in [0.15, 0.2) is 26.6 Å². The second-order valence-corrected chi connectivity index (χ2v) is 7.21. The number of rotatable bonds is 4. The molecule has 0 saturated carbocycles. The van der Waals surface area contributed by atoms with E-state index < -0.39 is 0 Å². The molecule has 0 aliphatic heterocycles. The van der Waals surface area contributed by atoms with Crippen molar-refractivity contribution in [1.82, 2.24) is 9.78 Å². The van der Waals surface area contributed by atoms with E-state index in [4.69, 9.17) is 0 Å². The van der Waals surface area contributed by atoms with Gasteiger partial charge in [0.2, 0.25) is 0 Å². The quantitative estimate of drug-likeness (QED) is 0.548. The Morgan fingerprint density at radius 2 is 2.26 bits per heavy atom. The molecule has 0 radical (unpaired) electrons. The summed E-state index contributed by atoms with van der Waals surface area (Å²) in [5.41, 5.74) is 1.43. The van der Waals surface area contributed by atoms with Gasteiger partial charge in [0.05, 0.1) is 15.0 Å². The largest absolute Gasteiger partial charge is 0.289 e. The second kappa shape index (κ2) is 6.15. The fraction of sp³-hybridized carbons (Fsp3) is 0.231. The second-order valence-electron chi connectivity index (χ2n) is 3.95. The Hall–Kier alpha value is -0.720. The average molecular weight is 404 g/mol. The summed E-state index contributed by atoms with van der Waals surface area (Å²) in [5.74, 6) is -0.0159. The fourth-order valence-electron chi connectivity index (χ4n) is 1.61. The predicted octanol–water partition coefficient (Wildman–Crippen LogP) is 4.69. The molecule has 0 spiro atoms. The molecular formula is C13H12Br2N2OS. The van der Waals surface area contributed by atoms with Gasteiger partial charge in [-0.25, -0.2) is 0 Å². The van der Waals surface area contributed by atoms with Crippen LogP contribution in [0.4, 0.5) is 0 Å². The molecule has 0 saturated heterocycles. The monoisotopic (exact) mass is 402 g/mol. The van der Waals surface area contributed by atoms with Gasteiger partial charge < -0.3 is 0 Å². The standard InChI is InChI=1S/C13H12Br2N2OS/c1-3-17-7-10(8(2)16-17)12(18)5-4-9-6-11(14)13(15)19-9/h4-7H,3H2,1-2H3/b5-4+. The van der Waals surface area contributed by atoms with E-state index in [1.165, 1.54) is 0 Å². The Balaban J connectivity index is 2.18. The number of hydrogen-bond acceptors (Lipinski definition) is 3. The first-order chi connectivity index (χ1) is 9.01. The third-order valence-corrected chi connectivity index (χ3v) is 5.82. The smallest absolute Gasteiger partial charge is 0.189 e. The Labute approximate surface area is 132 Å². The van der Waals surface area contributed by atoms with Crippen LogP contribution in [0.3, 0.4) is 0 Å². The van der Waals surface area contributed by atoms with Crippen LogP contribution >= 0.6 is 43.2 Å². The van der Waals surface area contributed by atoms with Crippen molar-refractivity contribution in [3.63, 3.8) is 0 Å². The summed E-state index contributed by atoms with van der Waals surface area (Å²) in [6.45, 7) is 4.62. The van der Waals surface area contributed by atoms with E-state index in [1.807, 2.05) is 26.0 Å². The Kier molecular flexibility index (Phi) is 4.76. The SMILES string of the molecule is CCn1cc(C(=O)/C=C/c2cc(Br)c(Br)s2)c(C)n1. The summed E-state index contributed by atoms with van der Waals surface area (Å²) >= 11 is 8.43. The minimum absolute atomic E-state index is 0.0159. The van der Waals surface area contributed by atoms with Crippen LogP contribution < -0.4 is 0 Å². The number of ketones is 1. The van der Waals surface area contributed by atoms with Gasteiger partial charge in [0.25, 0.3) is 0 Å². The zero-order valence-corrected chi connectivity index (χ0v) is 14.5. The van der Waals surface area contributed by atoms with Gasteiger partial charge in [-0.15, -0.1) is 11.3 Å². The van der Waals surface area contributed by atoms with E-state index in [0.29, 0.717) is 5.56 Å². The van der Waals surface area contributed by atoms with Crippen LogP contribution in [0.5, 0.6) is 0 Å². The Morgan fingerprint density at radius 1 is 1.53 bits per heavy atom. The summed E-state index contributed by atoms with van der Waals surface area (Å²) in [4.78, 5) is 13.1. The minimum Gasteiger partial charge on any atom is -0.289 e. The summed E-state index contributed by atoms with van der Waals surface area (Å²) in [6, 6.07) is 1.97. The molecule has 19 heavy (non-hydrogen) atoms. The van der Waals surface area contributed by atoms with E-state index >= 15 is 0 Å². The lowest BCUT2D eigenvalue weighted by Gasteiger charge is -1.90. The van der Waals surface area contributed by atoms with Crippen molar-refractivity contribution in [2.24, 2.45) is 0 Å². The van der Waals surface area contributed by atoms with Crippen molar-refractivity contribution < 1.29 is 4.79 Å². The number of hydrogen-bond donors (Lipinski definition) is 0. The van der Waals surface area contributed by atoms with Crippen molar-refractivity contribution in [2.45, 2.75) is 20.4 Å². The molecule has 0 N–H and O–H groups in total. The van der Waals surface area contributed by atoms with Crippen molar-refractivity contribution in [3.8, 4) is 0 Å². The normalized spacial score (nSPS) is 11.4. The highest BCUT2D eigenvalue weighted by molar-refractivity contribution is 9.13. The first-order valence-electron chi connectivity index (χ1n) is 5.72. The van der Waals surface area contributed by atoms with Gasteiger partial charge in [0.1, 0.15) is 0 Å². The van der Waals surface area contributed by atoms with E-state index in [-0.39, 0.29) is 5.78 Å². The highest BCUT2D eigenvalue weighted by atomic mass is 79.9. The van der Waals surface area contributed by atoms with Gasteiger partial charge >= 0.3 is 0 Å². The predicted molar refractivity (Wildman–Crippen MR) is 85.7 cm³/mol. The zero-order chi connectivity index (χ0) is 14.0. The summed E-state index contributed by atoms with van der Waals surface area (Å²) in [6.07, 6.45) is 5.21. The number of nitrogens with zero attached hydrogens (tertiary/aromatic N) is 2. The minimum atomic E-state index is -0.0159. The van der Waals surface area contributed by atoms with Crippen LogP contribution in [0, 0.1) is 6.92 Å². The number of aromatic nitrogens is 2. The van der Waals surface area contributed by atoms with Crippen LogP contribution in [0.1, 0.15) is 27.9 Å². The molecule has 0 atom stereocenters. The Morgan fingerprint density at radius 3 is 2.79 bits per heavy atom. The van der Waals surface area contributed by atoms with Crippen LogP contribution in [0.25, 0.3) is 6.08 Å². The molecule has 6 heteroatoms. The fourth-order valence-corrected chi connectivity index (χ4v) is 3.61. The van der Waals surface area contributed by atoms with Crippen molar-refractivity contribution in [3.05, 3.63) is 42.7 Å². The van der Waals surface area contributed by atoms with Gasteiger partial charge in [0, 0.05) is 22.1 Å². The summed E-state index contributed by atoms with van der Waals surface area (Å²) in [5, 5.41) is 4.27. The van der Waals surface area contributed by atoms with Gasteiger partial charge in [-0.3, -0.25) is 9.48 Å². The number of aryl methyl sites for hydroxylation is 2. The van der Waals surface area contributed by atoms with Crippen molar-refractivity contribution >= 4 is 55.1 Å². The molecule has 0 fully saturated rings. The lowest BCUT2D eigenvalue weighted by atomic mass is 10.1. The van der Waals surface area contributed by atoms with Gasteiger partial charge in [-0.1, -0.05) is 0 Å². The van der Waals surface area contributed by atoms with Gasteiger partial charge in [0.15, 0.2) is 5.78 Å². The van der Waals surface area contributed by atoms with Gasteiger partial charge in [-0.2, -0.15) is 5.10 Å². The van der Waals surface area contributed by atoms with Gasteiger partial charge in [-0.05, 0) is 63.9 Å². The van der Waals surface area contributed by atoms with Crippen LogP contribution in [-0.4, -0.2) is 15.6 Å². The molecule has 0 aliphatic carbocycles. The first kappa shape index (κ1) is 14.7. The molecule has 0 unspecified atom stereocenters. The van der Waals surface area contributed by atoms with E-state index in [2.05, 4.69) is 37.0 Å². The van der Waals surface area contributed by atoms with Crippen LogP contribution in [0.2, 0.25) is 0 Å². The van der Waals surface area contributed by atoms with E-state index in [9.17, 15) is 4.79 Å². The summed E-state index contributed by atoms with van der Waals surface area (Å²) in [7, 11) is 0. The lowest BCUT2D eigenvalue weighted by Crippen LogP contribution is -1.94. The topological polar surface area (TPSA) is 34.9 Å². The molecule has 0 aliphatic rings. The van der Waals surface area contributed by atoms with Crippen LogP contribution in [-0.2, 0) is 6.54 Å². The lowest BCUT2D eigenvalue weighted by molar-refractivity contribution is 0.104. The third-order valence-electron chi connectivity index (χ3n) is 2.60. The Bertz CT molecular complexity index is 624. The molecule has 2 aromatic heterocycles. The molecule has 0 bridgehead atoms. The van der Waals surface area contributed by atoms with Crippen molar-refractivity contribution in [2.75, 3.05) is 0 Å². The molecule has 2 heterocycles. The number of halogens is 2. The number of carbonyl (C=O) groups excluding carboxylic acids is 1. The molecule has 0 aromatic carbocycles. The van der Waals surface area contributed by atoms with Crippen molar-refractivity contribution in [1.29, 1.82) is 0 Å². The molecule has 0 amide bonds. The first-order valence-corrected chi connectivity index (χ1v) is 8.12. The summed E-state index contributed by atoms with van der Waals surface area (Å²) < 4.78 is 3.79. The molecular weight excluding hydrogens is 392 g/mol. The maximum atomic E-state index is 12.1. The number of allylic oxidation sites excluding steroid dienone is 1. The van der Waals surface area contributed by atoms with E-state index in [0.717, 1.165) is 25.4 Å². The molecule has 2 rings (SSSR count). The maximum Gasteiger partial charge on any atom is 0.189 e. The molecule has 100 valence electrons. The van der Waals surface area contributed by atoms with E-state index in [1.54, 1.807) is 28.3 Å². The molecule has 2 aromatic rings. The number of thiophene rings is 1. The highest BCUT2D eigenvalue weighted by Gasteiger charge is 2.10. The third kappa shape index (κ3) is 3.43. The molecule has 3 nitrogen and oxygen atoms in total. The highest BCUT2D eigenvalue weighted by Crippen LogP contribution is 2.33. The number of carbonyl (C=O) groups is 1.